The van der Waals surface area contributed by atoms with E-state index in [0.717, 1.165) is 96.3 Å². The third kappa shape index (κ3) is 16.3. The van der Waals surface area contributed by atoms with Crippen molar-refractivity contribution in [3.63, 3.8) is 0 Å². The Morgan fingerprint density at radius 2 is 1.29 bits per heavy atom. The number of unbranched alkanes of at least 4 members (excludes halogenated alkanes) is 3. The fourth-order valence-corrected chi connectivity index (χ4v) is 8.71. The lowest BCUT2D eigenvalue weighted by atomic mass is 9.98. The summed E-state index contributed by atoms with van der Waals surface area (Å²) in [6.07, 6.45) is 22.3. The van der Waals surface area contributed by atoms with Gasteiger partial charge in [0.15, 0.2) is 8.32 Å². The Labute approximate surface area is 236 Å². The van der Waals surface area contributed by atoms with Gasteiger partial charge >= 0.3 is 5.97 Å². The fourth-order valence-electron chi connectivity index (χ4n) is 5.77. The van der Waals surface area contributed by atoms with Crippen LogP contribution in [0.1, 0.15) is 143 Å². The number of esters is 1. The van der Waals surface area contributed by atoms with Crippen molar-refractivity contribution in [3.05, 3.63) is 0 Å². The molecule has 1 aliphatic carbocycles. The van der Waals surface area contributed by atoms with Gasteiger partial charge in [0.1, 0.15) is 6.10 Å². The summed E-state index contributed by atoms with van der Waals surface area (Å²) >= 11 is 0. The van der Waals surface area contributed by atoms with E-state index in [9.17, 15) is 15.0 Å². The molecule has 0 saturated heterocycles. The van der Waals surface area contributed by atoms with Crippen molar-refractivity contribution in [1.29, 1.82) is 0 Å². The zero-order chi connectivity index (χ0) is 28.1. The maximum atomic E-state index is 12.5. The van der Waals surface area contributed by atoms with Gasteiger partial charge in [-0.15, -0.1) is 12.3 Å². The number of hydrogen-bond acceptors (Lipinski definition) is 5. The molecule has 2 N–H and O–H groups in total. The molecule has 1 rings (SSSR count). The highest BCUT2D eigenvalue weighted by Crippen LogP contribution is 2.28. The Kier molecular flexibility index (Phi) is 20.3. The number of carbonyl (C=O) groups excluding carboxylic acids is 1. The van der Waals surface area contributed by atoms with Crippen LogP contribution in [0.3, 0.4) is 0 Å². The minimum absolute atomic E-state index is 0.0162. The number of rotatable bonds is 17. The molecule has 0 amide bonds. The van der Waals surface area contributed by atoms with Crippen LogP contribution >= 0.6 is 0 Å². The van der Waals surface area contributed by atoms with E-state index in [1.165, 1.54) is 31.0 Å². The largest absolute Gasteiger partial charge is 0.462 e. The van der Waals surface area contributed by atoms with Crippen LogP contribution in [-0.2, 0) is 14.0 Å². The molecule has 0 aromatic carbocycles. The van der Waals surface area contributed by atoms with E-state index in [-0.39, 0.29) is 24.6 Å². The number of carbonyl (C=O) groups is 1. The Morgan fingerprint density at radius 3 is 1.82 bits per heavy atom. The van der Waals surface area contributed by atoms with Crippen LogP contribution in [0.4, 0.5) is 0 Å². The van der Waals surface area contributed by atoms with Crippen LogP contribution in [0.15, 0.2) is 0 Å². The molecule has 0 aromatic heterocycles. The molecule has 0 bridgehead atoms. The average Bonchev–Trinajstić information content (AvgIpc) is 2.89. The lowest BCUT2D eigenvalue weighted by Gasteiger charge is -2.33. The maximum Gasteiger partial charge on any atom is 0.308 e. The SMILES string of the molecule is C#CCCCC(O)CCCCCC(O)CC(=O)OC1CCCCCC(O[Si](CC)(CC)CC)CCCCC1. The molecule has 0 radical (unpaired) electrons. The van der Waals surface area contributed by atoms with Crippen molar-refractivity contribution >= 4 is 14.3 Å². The van der Waals surface area contributed by atoms with E-state index in [1.807, 2.05) is 0 Å². The molecule has 5 nitrogen and oxygen atoms in total. The smallest absolute Gasteiger partial charge is 0.308 e. The van der Waals surface area contributed by atoms with Crippen molar-refractivity contribution in [2.75, 3.05) is 0 Å². The van der Waals surface area contributed by atoms with E-state index >= 15 is 0 Å². The molecule has 0 heterocycles. The van der Waals surface area contributed by atoms with Gasteiger partial charge in [0.05, 0.1) is 18.6 Å². The van der Waals surface area contributed by atoms with Gasteiger partial charge in [-0.2, -0.15) is 0 Å². The topological polar surface area (TPSA) is 76.0 Å². The first-order chi connectivity index (χ1) is 18.4. The highest BCUT2D eigenvalue weighted by Gasteiger charge is 2.31. The minimum Gasteiger partial charge on any atom is -0.462 e. The maximum absolute atomic E-state index is 12.5. The zero-order valence-electron chi connectivity index (χ0n) is 25.1. The summed E-state index contributed by atoms with van der Waals surface area (Å²) in [6.45, 7) is 6.94. The zero-order valence-corrected chi connectivity index (χ0v) is 26.1. The van der Waals surface area contributed by atoms with Gasteiger partial charge in [-0.1, -0.05) is 65.7 Å². The first-order valence-corrected chi connectivity index (χ1v) is 18.6. The van der Waals surface area contributed by atoms with Gasteiger partial charge in [0.2, 0.25) is 0 Å². The number of terminal acetylenes is 1. The molecular weight excluding hydrogens is 492 g/mol. The summed E-state index contributed by atoms with van der Waals surface area (Å²) in [5.41, 5.74) is 0. The standard InChI is InChI=1S/C32H60O5Si/c1-5-9-13-20-28(33)21-14-10-15-22-29(34)27-32(35)36-30-23-16-11-18-25-31(26-19-12-17-24-30)37-38(6-2,7-3)8-4/h1,28-31,33-34H,6-27H2,2-4H3. The highest BCUT2D eigenvalue weighted by atomic mass is 28.4. The van der Waals surface area contributed by atoms with Gasteiger partial charge in [0.25, 0.3) is 0 Å². The third-order valence-electron chi connectivity index (χ3n) is 8.59. The molecule has 1 saturated carbocycles. The second kappa shape index (κ2) is 21.9. The van der Waals surface area contributed by atoms with E-state index < -0.39 is 14.4 Å². The summed E-state index contributed by atoms with van der Waals surface area (Å²) in [7, 11) is -1.56. The van der Waals surface area contributed by atoms with Crippen LogP contribution in [-0.4, -0.2) is 48.9 Å². The van der Waals surface area contributed by atoms with Gasteiger partial charge in [-0.3, -0.25) is 4.79 Å². The van der Waals surface area contributed by atoms with Crippen LogP contribution in [0.25, 0.3) is 0 Å². The molecule has 0 spiro atoms. The van der Waals surface area contributed by atoms with Gasteiger partial charge in [0, 0.05) is 12.5 Å². The van der Waals surface area contributed by atoms with Crippen molar-refractivity contribution < 1.29 is 24.2 Å². The van der Waals surface area contributed by atoms with Crippen molar-refractivity contribution in [3.8, 4) is 12.3 Å². The monoisotopic (exact) mass is 552 g/mol. The van der Waals surface area contributed by atoms with E-state index in [2.05, 4.69) is 26.7 Å². The molecule has 2 atom stereocenters. The van der Waals surface area contributed by atoms with Crippen LogP contribution in [0.5, 0.6) is 0 Å². The number of aliphatic hydroxyl groups is 2. The molecule has 2 unspecified atom stereocenters. The third-order valence-corrected chi connectivity index (χ3v) is 13.3. The number of hydrogen-bond donors (Lipinski definition) is 2. The Balaban J connectivity index is 2.30. The summed E-state index contributed by atoms with van der Waals surface area (Å²) in [5.74, 6) is 2.34. The van der Waals surface area contributed by atoms with E-state index in [4.69, 9.17) is 15.6 Å². The van der Waals surface area contributed by atoms with Gasteiger partial charge in [-0.05, 0) is 82.3 Å². The van der Waals surface area contributed by atoms with Crippen LogP contribution < -0.4 is 0 Å². The molecular formula is C32H60O5Si. The van der Waals surface area contributed by atoms with Crippen LogP contribution in [0.2, 0.25) is 18.1 Å². The minimum atomic E-state index is -1.56. The summed E-state index contributed by atoms with van der Waals surface area (Å²) in [6, 6.07) is 3.66. The predicted octanol–water partition coefficient (Wildman–Crippen LogP) is 8.07. The van der Waals surface area contributed by atoms with E-state index in [0.29, 0.717) is 12.5 Å². The second-order valence-electron chi connectivity index (χ2n) is 11.6. The Bertz CT molecular complexity index is 608. The first kappa shape index (κ1) is 35.2. The van der Waals surface area contributed by atoms with Crippen molar-refractivity contribution in [2.45, 2.75) is 185 Å². The summed E-state index contributed by atoms with van der Waals surface area (Å²) in [5, 5.41) is 20.3. The van der Waals surface area contributed by atoms with Gasteiger partial charge < -0.3 is 19.4 Å². The molecule has 38 heavy (non-hydrogen) atoms. The molecule has 0 aromatic rings. The number of ether oxygens (including phenoxy) is 1. The average molecular weight is 553 g/mol. The van der Waals surface area contributed by atoms with Crippen molar-refractivity contribution in [1.82, 2.24) is 0 Å². The summed E-state index contributed by atoms with van der Waals surface area (Å²) in [4.78, 5) is 12.5. The van der Waals surface area contributed by atoms with Gasteiger partial charge in [-0.25, -0.2) is 0 Å². The summed E-state index contributed by atoms with van der Waals surface area (Å²) < 4.78 is 12.7. The van der Waals surface area contributed by atoms with Crippen LogP contribution in [0, 0.1) is 12.3 Å². The Morgan fingerprint density at radius 1 is 0.789 bits per heavy atom. The molecule has 222 valence electrons. The number of aliphatic hydroxyl groups excluding tert-OH is 2. The molecule has 1 aliphatic rings. The fraction of sp³-hybridized carbons (Fsp3) is 0.906. The van der Waals surface area contributed by atoms with Crippen molar-refractivity contribution in [2.24, 2.45) is 0 Å². The lowest BCUT2D eigenvalue weighted by Crippen LogP contribution is -2.40. The molecule has 0 aliphatic heterocycles. The normalized spacial score (nSPS) is 21.5. The lowest BCUT2D eigenvalue weighted by molar-refractivity contribution is -0.152. The molecule has 1 fully saturated rings. The quantitative estimate of drug-likeness (QED) is 0.0826. The highest BCUT2D eigenvalue weighted by molar-refractivity contribution is 6.73. The second-order valence-corrected chi connectivity index (χ2v) is 16.3. The first-order valence-electron chi connectivity index (χ1n) is 16.0. The molecule has 6 heteroatoms. The predicted molar refractivity (Wildman–Crippen MR) is 161 cm³/mol. The Hall–Kier alpha value is -0.873. The van der Waals surface area contributed by atoms with E-state index in [1.54, 1.807) is 0 Å².